The number of hydrogen-bond acceptors (Lipinski definition) is 4. The van der Waals surface area contributed by atoms with Crippen LogP contribution in [0.1, 0.15) is 25.5 Å². The lowest BCUT2D eigenvalue weighted by atomic mass is 10.0. The molecule has 18 heavy (non-hydrogen) atoms. The number of carbonyl (C=O) groups excluding carboxylic acids is 1. The minimum Gasteiger partial charge on any atom is -0.467 e. The maximum absolute atomic E-state index is 11.3. The van der Waals surface area contributed by atoms with E-state index in [0.29, 0.717) is 5.02 Å². The van der Waals surface area contributed by atoms with Crippen LogP contribution in [0.5, 0.6) is 0 Å². The number of esters is 1. The molecule has 0 saturated heterocycles. The molecule has 0 spiro atoms. The van der Waals surface area contributed by atoms with Gasteiger partial charge in [0.15, 0.2) is 5.60 Å². The van der Waals surface area contributed by atoms with Crippen molar-refractivity contribution in [2.75, 3.05) is 13.7 Å². The fourth-order valence-corrected chi connectivity index (χ4v) is 1.64. The lowest BCUT2D eigenvalue weighted by Crippen LogP contribution is -2.46. The van der Waals surface area contributed by atoms with Gasteiger partial charge in [0.1, 0.15) is 0 Å². The number of halogens is 1. The first kappa shape index (κ1) is 15.0. The number of nitrogens with one attached hydrogen (secondary N) is 1. The largest absolute Gasteiger partial charge is 0.467 e. The van der Waals surface area contributed by atoms with Crippen molar-refractivity contribution in [3.05, 3.63) is 34.9 Å². The van der Waals surface area contributed by atoms with Gasteiger partial charge in [-0.25, -0.2) is 4.79 Å². The number of methoxy groups -OCH3 is 1. The molecule has 0 saturated carbocycles. The van der Waals surface area contributed by atoms with E-state index in [2.05, 4.69) is 10.1 Å². The number of rotatable bonds is 5. The van der Waals surface area contributed by atoms with Crippen LogP contribution in [0.2, 0.25) is 5.02 Å². The molecule has 100 valence electrons. The maximum Gasteiger partial charge on any atom is 0.338 e. The third-order valence-corrected chi connectivity index (χ3v) is 3.00. The summed E-state index contributed by atoms with van der Waals surface area (Å²) in [6, 6.07) is 7.39. The van der Waals surface area contributed by atoms with Crippen molar-refractivity contribution in [3.63, 3.8) is 0 Å². The third kappa shape index (κ3) is 3.98. The standard InChI is InChI=1S/C13H18ClNO3/c1-9(10-4-6-11(14)7-5-10)15-8-13(2,17)12(16)18-3/h4-7,9,15,17H,8H2,1-3H3/t9-,13?/m1/s1. The Morgan fingerprint density at radius 3 is 2.56 bits per heavy atom. The quantitative estimate of drug-likeness (QED) is 0.804. The van der Waals surface area contributed by atoms with E-state index >= 15 is 0 Å². The Morgan fingerprint density at radius 1 is 1.50 bits per heavy atom. The summed E-state index contributed by atoms with van der Waals surface area (Å²) in [7, 11) is 1.25. The van der Waals surface area contributed by atoms with E-state index in [9.17, 15) is 9.90 Å². The van der Waals surface area contributed by atoms with E-state index in [1.54, 1.807) is 12.1 Å². The van der Waals surface area contributed by atoms with Crippen molar-refractivity contribution < 1.29 is 14.6 Å². The molecule has 0 radical (unpaired) electrons. The molecule has 0 bridgehead atoms. The van der Waals surface area contributed by atoms with Crippen LogP contribution in [0, 0.1) is 0 Å². The smallest absolute Gasteiger partial charge is 0.338 e. The van der Waals surface area contributed by atoms with Gasteiger partial charge in [-0.1, -0.05) is 23.7 Å². The van der Waals surface area contributed by atoms with Crippen molar-refractivity contribution >= 4 is 17.6 Å². The molecule has 0 aromatic heterocycles. The van der Waals surface area contributed by atoms with Gasteiger partial charge in [0, 0.05) is 17.6 Å². The molecule has 2 N–H and O–H groups in total. The first-order valence-electron chi connectivity index (χ1n) is 5.66. The molecule has 2 atom stereocenters. The average Bonchev–Trinajstić information content (AvgIpc) is 2.35. The van der Waals surface area contributed by atoms with Crippen molar-refractivity contribution in [3.8, 4) is 0 Å². The minimum atomic E-state index is -1.53. The number of aliphatic hydroxyl groups is 1. The fourth-order valence-electron chi connectivity index (χ4n) is 1.51. The van der Waals surface area contributed by atoms with Gasteiger partial charge in [-0.15, -0.1) is 0 Å². The SMILES string of the molecule is COC(=O)C(C)(O)CN[C@H](C)c1ccc(Cl)cc1. The van der Waals surface area contributed by atoms with Gasteiger partial charge in [-0.2, -0.15) is 0 Å². The molecule has 1 rings (SSSR count). The molecule has 0 amide bonds. The van der Waals surface area contributed by atoms with Gasteiger partial charge in [0.2, 0.25) is 0 Å². The van der Waals surface area contributed by atoms with Gasteiger partial charge < -0.3 is 15.2 Å². The summed E-state index contributed by atoms with van der Waals surface area (Å²) >= 11 is 5.80. The summed E-state index contributed by atoms with van der Waals surface area (Å²) in [4.78, 5) is 11.3. The summed E-state index contributed by atoms with van der Waals surface area (Å²) < 4.78 is 4.52. The second-order valence-corrected chi connectivity index (χ2v) is 4.86. The Kier molecular flexibility index (Phi) is 5.14. The van der Waals surface area contributed by atoms with Gasteiger partial charge in [-0.05, 0) is 31.5 Å². The van der Waals surface area contributed by atoms with E-state index in [1.165, 1.54) is 14.0 Å². The van der Waals surface area contributed by atoms with Crippen LogP contribution in [0.25, 0.3) is 0 Å². The molecular weight excluding hydrogens is 254 g/mol. The van der Waals surface area contributed by atoms with Crippen LogP contribution < -0.4 is 5.32 Å². The van der Waals surface area contributed by atoms with Gasteiger partial charge in [0.05, 0.1) is 7.11 Å². The maximum atomic E-state index is 11.3. The number of carbonyl (C=O) groups is 1. The highest BCUT2D eigenvalue weighted by atomic mass is 35.5. The minimum absolute atomic E-state index is 0.00148. The van der Waals surface area contributed by atoms with Gasteiger partial charge in [-0.3, -0.25) is 0 Å². The zero-order valence-corrected chi connectivity index (χ0v) is 11.5. The molecule has 1 aromatic carbocycles. The predicted molar refractivity (Wildman–Crippen MR) is 70.5 cm³/mol. The van der Waals surface area contributed by atoms with Crippen LogP contribution in [0.4, 0.5) is 0 Å². The average molecular weight is 272 g/mol. The molecule has 1 aromatic rings. The number of ether oxygens (including phenoxy) is 1. The Morgan fingerprint density at radius 2 is 2.06 bits per heavy atom. The zero-order chi connectivity index (χ0) is 13.8. The van der Waals surface area contributed by atoms with E-state index in [0.717, 1.165) is 5.56 Å². The molecule has 0 aliphatic rings. The molecule has 0 heterocycles. The molecule has 0 aliphatic heterocycles. The van der Waals surface area contributed by atoms with Crippen molar-refractivity contribution in [2.24, 2.45) is 0 Å². The Labute approximate surface area is 112 Å². The lowest BCUT2D eigenvalue weighted by Gasteiger charge is -2.23. The topological polar surface area (TPSA) is 58.6 Å². The van der Waals surface area contributed by atoms with Crippen LogP contribution in [0.3, 0.4) is 0 Å². The van der Waals surface area contributed by atoms with E-state index < -0.39 is 11.6 Å². The number of hydrogen-bond donors (Lipinski definition) is 2. The zero-order valence-electron chi connectivity index (χ0n) is 10.7. The normalized spacial score (nSPS) is 15.8. The fraction of sp³-hybridized carbons (Fsp3) is 0.462. The first-order valence-corrected chi connectivity index (χ1v) is 6.04. The summed E-state index contributed by atoms with van der Waals surface area (Å²) in [6.07, 6.45) is 0. The monoisotopic (exact) mass is 271 g/mol. The van der Waals surface area contributed by atoms with E-state index in [4.69, 9.17) is 11.6 Å². The van der Waals surface area contributed by atoms with Gasteiger partial charge >= 0.3 is 5.97 Å². The van der Waals surface area contributed by atoms with Crippen LogP contribution >= 0.6 is 11.6 Å². The highest BCUT2D eigenvalue weighted by Crippen LogP contribution is 2.16. The molecule has 1 unspecified atom stereocenters. The molecular formula is C13H18ClNO3. The second-order valence-electron chi connectivity index (χ2n) is 4.42. The summed E-state index contributed by atoms with van der Waals surface area (Å²) in [5.74, 6) is -0.654. The van der Waals surface area contributed by atoms with Crippen LogP contribution in [-0.4, -0.2) is 30.3 Å². The molecule has 4 nitrogen and oxygen atoms in total. The van der Waals surface area contributed by atoms with Crippen molar-refractivity contribution in [2.45, 2.75) is 25.5 Å². The predicted octanol–water partition coefficient (Wildman–Crippen LogP) is 1.91. The van der Waals surface area contributed by atoms with Gasteiger partial charge in [0.25, 0.3) is 0 Å². The highest BCUT2D eigenvalue weighted by Gasteiger charge is 2.31. The second kappa shape index (κ2) is 6.18. The highest BCUT2D eigenvalue weighted by molar-refractivity contribution is 6.30. The van der Waals surface area contributed by atoms with Crippen LogP contribution in [-0.2, 0) is 9.53 Å². The Bertz CT molecular complexity index is 403. The summed E-state index contributed by atoms with van der Waals surface area (Å²) in [5, 5.41) is 13.6. The molecule has 5 heteroatoms. The van der Waals surface area contributed by atoms with Crippen molar-refractivity contribution in [1.29, 1.82) is 0 Å². The molecule has 0 aliphatic carbocycles. The third-order valence-electron chi connectivity index (χ3n) is 2.75. The van der Waals surface area contributed by atoms with E-state index in [1.807, 2.05) is 19.1 Å². The molecule has 0 fully saturated rings. The number of benzene rings is 1. The van der Waals surface area contributed by atoms with Crippen molar-refractivity contribution in [1.82, 2.24) is 5.32 Å². The van der Waals surface area contributed by atoms with Crippen LogP contribution in [0.15, 0.2) is 24.3 Å². The van der Waals surface area contributed by atoms with E-state index in [-0.39, 0.29) is 12.6 Å². The lowest BCUT2D eigenvalue weighted by molar-refractivity contribution is -0.160. The first-order chi connectivity index (χ1) is 8.36. The Balaban J connectivity index is 2.58. The Hall–Kier alpha value is -1.10. The summed E-state index contributed by atoms with van der Waals surface area (Å²) in [6.45, 7) is 3.47. The summed E-state index contributed by atoms with van der Waals surface area (Å²) in [5.41, 5.74) is -0.504.